The molecule has 0 spiro atoms. The van der Waals surface area contributed by atoms with E-state index in [-0.39, 0.29) is 11.7 Å². The van der Waals surface area contributed by atoms with Gasteiger partial charge in [0, 0.05) is 16.7 Å². The Kier molecular flexibility index (Phi) is 5.43. The summed E-state index contributed by atoms with van der Waals surface area (Å²) in [5.41, 5.74) is 0.0882. The van der Waals surface area contributed by atoms with Crippen molar-refractivity contribution in [2.24, 2.45) is 0 Å². The molecule has 0 radical (unpaired) electrons. The number of hydrogen-bond acceptors (Lipinski definition) is 2. The predicted octanol–water partition coefficient (Wildman–Crippen LogP) is 2.97. The molecule has 0 saturated heterocycles. The van der Waals surface area contributed by atoms with E-state index in [1.54, 1.807) is 20.0 Å². The molecule has 5 nitrogen and oxygen atoms in total. The summed E-state index contributed by atoms with van der Waals surface area (Å²) in [7, 11) is 0. The van der Waals surface area contributed by atoms with Gasteiger partial charge in [-0.2, -0.15) is 13.2 Å². The first-order valence-electron chi connectivity index (χ1n) is 5.99. The lowest BCUT2D eigenvalue weighted by Crippen LogP contribution is -2.44. The van der Waals surface area contributed by atoms with Gasteiger partial charge in [-0.25, -0.2) is 4.79 Å². The minimum absolute atomic E-state index is 0.0882. The van der Waals surface area contributed by atoms with Crippen LogP contribution in [0.2, 0.25) is 0 Å². The van der Waals surface area contributed by atoms with E-state index in [1.807, 2.05) is 5.32 Å². The Bertz CT molecular complexity index is 540. The molecule has 0 aliphatic heterocycles. The summed E-state index contributed by atoms with van der Waals surface area (Å²) in [6.45, 7) is 3.57. The second kappa shape index (κ2) is 6.50. The minimum Gasteiger partial charge on any atom is -0.480 e. The molecule has 1 rings (SSSR count). The molecule has 0 aliphatic carbocycles. The van der Waals surface area contributed by atoms with Crippen molar-refractivity contribution in [3.63, 3.8) is 0 Å². The summed E-state index contributed by atoms with van der Waals surface area (Å²) in [6.07, 6.45) is -4.71. The van der Waals surface area contributed by atoms with Gasteiger partial charge >= 0.3 is 12.1 Å². The number of carboxylic acid groups (broad SMARTS) is 1. The molecule has 9 heteroatoms. The molecule has 1 atom stereocenters. The van der Waals surface area contributed by atoms with Crippen molar-refractivity contribution >= 4 is 27.8 Å². The van der Waals surface area contributed by atoms with E-state index in [1.165, 1.54) is 10.6 Å². The van der Waals surface area contributed by atoms with Crippen molar-refractivity contribution < 1.29 is 27.9 Å². The number of carbonyl (C=O) groups excluding carboxylic acids is 1. The topological polar surface area (TPSA) is 71.3 Å². The second-order valence-corrected chi connectivity index (χ2v) is 5.64. The van der Waals surface area contributed by atoms with Crippen molar-refractivity contribution in [3.05, 3.63) is 22.4 Å². The Morgan fingerprint density at radius 3 is 2.43 bits per heavy atom. The lowest BCUT2D eigenvalue weighted by molar-refractivity contribution is -0.157. The van der Waals surface area contributed by atoms with Gasteiger partial charge in [0.1, 0.15) is 11.7 Å². The number of alkyl halides is 3. The Labute approximate surface area is 127 Å². The molecule has 0 fully saturated rings. The maximum absolute atomic E-state index is 12.3. The van der Waals surface area contributed by atoms with Crippen LogP contribution < -0.4 is 5.32 Å². The smallest absolute Gasteiger partial charge is 0.391 e. The number of aliphatic carboxylic acids is 1. The van der Waals surface area contributed by atoms with Crippen LogP contribution in [0, 0.1) is 0 Å². The molecule has 0 aliphatic rings. The van der Waals surface area contributed by atoms with Gasteiger partial charge in [-0.1, -0.05) is 0 Å². The Morgan fingerprint density at radius 2 is 2.00 bits per heavy atom. The zero-order valence-electron chi connectivity index (χ0n) is 11.2. The zero-order valence-corrected chi connectivity index (χ0v) is 12.8. The third-order valence-electron chi connectivity index (χ3n) is 2.64. The second-order valence-electron chi connectivity index (χ2n) is 4.73. The summed E-state index contributed by atoms with van der Waals surface area (Å²) >= 11 is 3.17. The molecule has 1 aromatic heterocycles. The summed E-state index contributed by atoms with van der Waals surface area (Å²) < 4.78 is 39.0. The minimum atomic E-state index is -4.68. The van der Waals surface area contributed by atoms with Crippen LogP contribution >= 0.6 is 15.9 Å². The molecule has 0 aromatic carbocycles. The average molecular weight is 371 g/mol. The highest BCUT2D eigenvalue weighted by atomic mass is 79.9. The molecule has 0 bridgehead atoms. The lowest BCUT2D eigenvalue weighted by Gasteiger charge is -2.18. The fourth-order valence-corrected chi connectivity index (χ4v) is 2.16. The number of amides is 1. The molecule has 2 N–H and O–H groups in total. The highest BCUT2D eigenvalue weighted by Gasteiger charge is 2.36. The van der Waals surface area contributed by atoms with Gasteiger partial charge in [0.25, 0.3) is 5.91 Å². The molecular weight excluding hydrogens is 357 g/mol. The van der Waals surface area contributed by atoms with Crippen molar-refractivity contribution in [1.29, 1.82) is 0 Å². The predicted molar refractivity (Wildman–Crippen MR) is 72.1 cm³/mol. The van der Waals surface area contributed by atoms with Gasteiger partial charge in [-0.05, 0) is 35.8 Å². The highest BCUT2D eigenvalue weighted by Crippen LogP contribution is 2.23. The summed E-state index contributed by atoms with van der Waals surface area (Å²) in [5.74, 6) is -2.60. The van der Waals surface area contributed by atoms with E-state index in [4.69, 9.17) is 5.11 Å². The normalized spacial score (nSPS) is 13.3. The van der Waals surface area contributed by atoms with Crippen LogP contribution in [0.5, 0.6) is 0 Å². The summed E-state index contributed by atoms with van der Waals surface area (Å²) in [4.78, 5) is 22.8. The molecular formula is C12H14BrF3N2O3. The first-order chi connectivity index (χ1) is 9.51. The number of nitrogens with zero attached hydrogens (tertiary/aromatic N) is 1. The Hall–Kier alpha value is -1.51. The number of nitrogens with one attached hydrogen (secondary N) is 1. The number of carbonyl (C=O) groups is 2. The molecule has 21 heavy (non-hydrogen) atoms. The number of aromatic nitrogens is 1. The SMILES string of the molecule is CC(C)n1cc(Br)cc1C(=O)NC(CC(F)(F)F)C(=O)O. The third-order valence-corrected chi connectivity index (χ3v) is 3.08. The highest BCUT2D eigenvalue weighted by molar-refractivity contribution is 9.10. The van der Waals surface area contributed by atoms with E-state index < -0.39 is 30.5 Å². The van der Waals surface area contributed by atoms with E-state index in [0.717, 1.165) is 0 Å². The van der Waals surface area contributed by atoms with Crippen molar-refractivity contribution in [2.75, 3.05) is 0 Å². The standard InChI is InChI=1S/C12H14BrF3N2O3/c1-6(2)18-5-7(13)3-9(18)10(19)17-8(11(20)21)4-12(14,15)16/h3,5-6,8H,4H2,1-2H3,(H,17,19)(H,20,21). The molecule has 1 aromatic rings. The molecule has 1 unspecified atom stereocenters. The van der Waals surface area contributed by atoms with Crippen LogP contribution in [0.4, 0.5) is 13.2 Å². The maximum Gasteiger partial charge on any atom is 0.391 e. The van der Waals surface area contributed by atoms with E-state index in [2.05, 4.69) is 15.9 Å². The van der Waals surface area contributed by atoms with Crippen LogP contribution in [0.25, 0.3) is 0 Å². The zero-order chi connectivity index (χ0) is 16.4. The average Bonchev–Trinajstić information content (AvgIpc) is 2.68. The number of halogens is 4. The maximum atomic E-state index is 12.3. The lowest BCUT2D eigenvalue weighted by atomic mass is 10.2. The van der Waals surface area contributed by atoms with E-state index in [0.29, 0.717) is 4.47 Å². The Morgan fingerprint density at radius 1 is 1.43 bits per heavy atom. The van der Waals surface area contributed by atoms with Crippen molar-refractivity contribution in [3.8, 4) is 0 Å². The first-order valence-corrected chi connectivity index (χ1v) is 6.78. The molecule has 0 saturated carbocycles. The summed E-state index contributed by atoms with van der Waals surface area (Å²) in [5, 5.41) is 10.7. The molecule has 118 valence electrons. The molecule has 1 amide bonds. The van der Waals surface area contributed by atoms with E-state index in [9.17, 15) is 22.8 Å². The van der Waals surface area contributed by atoms with Crippen LogP contribution in [0.15, 0.2) is 16.7 Å². The van der Waals surface area contributed by atoms with Gasteiger partial charge < -0.3 is 15.0 Å². The number of rotatable bonds is 5. The quantitative estimate of drug-likeness (QED) is 0.836. The number of hydrogen-bond donors (Lipinski definition) is 2. The fraction of sp³-hybridized carbons (Fsp3) is 0.500. The summed E-state index contributed by atoms with van der Waals surface area (Å²) in [6, 6.07) is -0.711. The van der Waals surface area contributed by atoms with Gasteiger partial charge in [0.15, 0.2) is 0 Å². The van der Waals surface area contributed by atoms with Gasteiger partial charge in [0.05, 0.1) is 6.42 Å². The van der Waals surface area contributed by atoms with Gasteiger partial charge in [0.2, 0.25) is 0 Å². The molecule has 1 heterocycles. The van der Waals surface area contributed by atoms with Crippen LogP contribution in [0.1, 0.15) is 36.8 Å². The largest absolute Gasteiger partial charge is 0.480 e. The number of carboxylic acids is 1. The van der Waals surface area contributed by atoms with Crippen LogP contribution in [-0.2, 0) is 4.79 Å². The van der Waals surface area contributed by atoms with Crippen LogP contribution in [0.3, 0.4) is 0 Å². The van der Waals surface area contributed by atoms with Gasteiger partial charge in [-0.3, -0.25) is 4.79 Å². The van der Waals surface area contributed by atoms with Gasteiger partial charge in [-0.15, -0.1) is 0 Å². The third kappa shape index (κ3) is 5.07. The van der Waals surface area contributed by atoms with Crippen molar-refractivity contribution in [2.45, 2.75) is 38.5 Å². The fourth-order valence-electron chi connectivity index (χ4n) is 1.72. The van der Waals surface area contributed by atoms with Crippen molar-refractivity contribution in [1.82, 2.24) is 9.88 Å². The monoisotopic (exact) mass is 370 g/mol. The van der Waals surface area contributed by atoms with Crippen LogP contribution in [-0.4, -0.2) is 33.8 Å². The van der Waals surface area contributed by atoms with E-state index >= 15 is 0 Å². The Balaban J connectivity index is 2.95. The first kappa shape index (κ1) is 17.5.